The van der Waals surface area contributed by atoms with Gasteiger partial charge in [0.2, 0.25) is 5.95 Å². The first-order chi connectivity index (χ1) is 16.4. The van der Waals surface area contributed by atoms with Gasteiger partial charge in [0.05, 0.1) is 22.5 Å². The third-order valence-corrected chi connectivity index (χ3v) is 6.57. The zero-order chi connectivity index (χ0) is 23.8. The summed E-state index contributed by atoms with van der Waals surface area (Å²) in [4.78, 5) is 9.55. The molecule has 0 spiro atoms. The van der Waals surface area contributed by atoms with Crippen molar-refractivity contribution in [2.45, 2.75) is 20.3 Å². The molecular formula is C26H26FN7. The lowest BCUT2D eigenvalue weighted by Crippen LogP contribution is -2.18. The van der Waals surface area contributed by atoms with Crippen LogP contribution >= 0.6 is 0 Å². The van der Waals surface area contributed by atoms with Crippen LogP contribution in [0.2, 0.25) is 0 Å². The summed E-state index contributed by atoms with van der Waals surface area (Å²) < 4.78 is 16.4. The van der Waals surface area contributed by atoms with Crippen LogP contribution in [-0.4, -0.2) is 39.4 Å². The quantitative estimate of drug-likeness (QED) is 0.465. The summed E-state index contributed by atoms with van der Waals surface area (Å²) in [5, 5.41) is 21.3. The van der Waals surface area contributed by atoms with Crippen LogP contribution in [0.4, 0.5) is 10.3 Å². The molecular weight excluding hydrogens is 429 g/mol. The van der Waals surface area contributed by atoms with Crippen LogP contribution in [0.15, 0.2) is 36.4 Å². The second-order valence-electron chi connectivity index (χ2n) is 8.84. The fourth-order valence-corrected chi connectivity index (χ4v) is 4.65. The topological polar surface area (TPSA) is 91.4 Å². The highest BCUT2D eigenvalue weighted by Crippen LogP contribution is 2.34. The molecule has 172 valence electrons. The van der Waals surface area contributed by atoms with Gasteiger partial charge in [-0.15, -0.1) is 0 Å². The van der Waals surface area contributed by atoms with Crippen LogP contribution in [0, 0.1) is 36.9 Å². The van der Waals surface area contributed by atoms with Crippen LogP contribution in [0.3, 0.4) is 0 Å². The third-order valence-electron chi connectivity index (χ3n) is 6.57. The predicted octanol–water partition coefficient (Wildman–Crippen LogP) is 4.35. The number of nitrogens with zero attached hydrogens (tertiary/aromatic N) is 5. The molecule has 0 radical (unpaired) electrons. The second-order valence-corrected chi connectivity index (χ2v) is 8.84. The molecule has 2 aromatic carbocycles. The number of nitrogens with one attached hydrogen (secondary N) is 2. The predicted molar refractivity (Wildman–Crippen MR) is 131 cm³/mol. The molecule has 8 heteroatoms. The van der Waals surface area contributed by atoms with E-state index in [2.05, 4.69) is 15.7 Å². The van der Waals surface area contributed by atoms with Crippen molar-refractivity contribution < 1.29 is 4.39 Å². The number of aryl methyl sites for hydroxylation is 2. The van der Waals surface area contributed by atoms with Crippen LogP contribution < -0.4 is 10.6 Å². The first-order valence-corrected chi connectivity index (χ1v) is 11.4. The summed E-state index contributed by atoms with van der Waals surface area (Å²) in [5.41, 5.74) is 6.08. The Labute approximate surface area is 197 Å². The minimum atomic E-state index is -0.562. The molecule has 1 aliphatic heterocycles. The molecule has 0 amide bonds. The summed E-state index contributed by atoms with van der Waals surface area (Å²) in [6.45, 7) is 6.80. The Morgan fingerprint density at radius 3 is 2.68 bits per heavy atom. The van der Waals surface area contributed by atoms with Gasteiger partial charge >= 0.3 is 0 Å². The molecule has 4 aromatic rings. The fourth-order valence-electron chi connectivity index (χ4n) is 4.65. The molecule has 3 heterocycles. The van der Waals surface area contributed by atoms with E-state index in [1.807, 2.05) is 49.8 Å². The molecule has 2 N–H and O–H groups in total. The van der Waals surface area contributed by atoms with Crippen LogP contribution in [0.5, 0.6) is 0 Å². The fraction of sp³-hybridized carbons (Fsp3) is 0.308. The van der Waals surface area contributed by atoms with E-state index >= 15 is 0 Å². The van der Waals surface area contributed by atoms with E-state index in [-0.39, 0.29) is 5.56 Å². The van der Waals surface area contributed by atoms with Gasteiger partial charge in [-0.1, -0.05) is 12.1 Å². The zero-order valence-electron chi connectivity index (χ0n) is 19.5. The molecule has 1 atom stereocenters. The van der Waals surface area contributed by atoms with E-state index in [1.54, 1.807) is 6.07 Å². The first kappa shape index (κ1) is 22.0. The average Bonchev–Trinajstić information content (AvgIpc) is 3.44. The van der Waals surface area contributed by atoms with Gasteiger partial charge in [0.1, 0.15) is 11.9 Å². The Balaban J connectivity index is 1.65. The van der Waals surface area contributed by atoms with Gasteiger partial charge in [-0.3, -0.25) is 4.68 Å². The van der Waals surface area contributed by atoms with Crippen LogP contribution in [0.25, 0.3) is 33.3 Å². The van der Waals surface area contributed by atoms with Gasteiger partial charge in [0, 0.05) is 35.8 Å². The third kappa shape index (κ3) is 3.99. The van der Waals surface area contributed by atoms with E-state index in [4.69, 9.17) is 15.2 Å². The maximum Gasteiger partial charge on any atom is 0.223 e. The number of benzene rings is 2. The van der Waals surface area contributed by atoms with E-state index in [9.17, 15) is 4.39 Å². The van der Waals surface area contributed by atoms with Crippen molar-refractivity contribution >= 4 is 16.9 Å². The van der Waals surface area contributed by atoms with Gasteiger partial charge in [-0.05, 0) is 69.1 Å². The molecule has 7 nitrogen and oxygen atoms in total. The molecule has 1 fully saturated rings. The summed E-state index contributed by atoms with van der Waals surface area (Å²) in [6, 6.07) is 12.6. The smallest absolute Gasteiger partial charge is 0.223 e. The van der Waals surface area contributed by atoms with Crippen molar-refractivity contribution in [2.24, 2.45) is 13.0 Å². The summed E-state index contributed by atoms with van der Waals surface area (Å²) in [7, 11) is 1.93. The number of halogens is 1. The van der Waals surface area contributed by atoms with Crippen LogP contribution in [-0.2, 0) is 7.05 Å². The number of nitriles is 1. The van der Waals surface area contributed by atoms with Crippen molar-refractivity contribution in [1.82, 2.24) is 25.1 Å². The lowest BCUT2D eigenvalue weighted by atomic mass is 9.98. The minimum absolute atomic E-state index is 0.0106. The van der Waals surface area contributed by atoms with Gasteiger partial charge < -0.3 is 10.6 Å². The number of rotatable bonds is 5. The Hall–Kier alpha value is -3.83. The van der Waals surface area contributed by atoms with Crippen molar-refractivity contribution in [1.29, 1.82) is 5.26 Å². The molecule has 2 aromatic heterocycles. The van der Waals surface area contributed by atoms with Gasteiger partial charge in [-0.25, -0.2) is 14.4 Å². The maximum atomic E-state index is 14.5. The van der Waals surface area contributed by atoms with E-state index in [1.165, 1.54) is 12.1 Å². The Kier molecular flexibility index (Phi) is 5.72. The highest BCUT2D eigenvalue weighted by molar-refractivity contribution is 5.96. The van der Waals surface area contributed by atoms with Crippen LogP contribution in [0.1, 0.15) is 23.4 Å². The number of anilines is 1. The monoisotopic (exact) mass is 455 g/mol. The molecule has 5 rings (SSSR count). The molecule has 0 unspecified atom stereocenters. The average molecular weight is 456 g/mol. The van der Waals surface area contributed by atoms with Gasteiger partial charge in [0.25, 0.3) is 0 Å². The number of hydrogen-bond donors (Lipinski definition) is 2. The Bertz CT molecular complexity index is 1430. The SMILES string of the molecule is Cc1nn(C)c(C)c1-c1ccc2nc(NC[C@H]3CCNC3)nc(-c3ccc(C#N)c(F)c3)c2c1. The maximum absolute atomic E-state index is 14.5. The van der Waals surface area contributed by atoms with Crippen molar-refractivity contribution in [3.8, 4) is 28.5 Å². The minimum Gasteiger partial charge on any atom is -0.354 e. The number of hydrogen-bond acceptors (Lipinski definition) is 6. The highest BCUT2D eigenvalue weighted by atomic mass is 19.1. The summed E-state index contributed by atoms with van der Waals surface area (Å²) in [5.74, 6) is 0.475. The lowest BCUT2D eigenvalue weighted by Gasteiger charge is -2.14. The summed E-state index contributed by atoms with van der Waals surface area (Å²) in [6.07, 6.45) is 1.11. The molecule has 1 aliphatic rings. The van der Waals surface area contributed by atoms with E-state index in [0.29, 0.717) is 23.1 Å². The Morgan fingerprint density at radius 1 is 1.18 bits per heavy atom. The lowest BCUT2D eigenvalue weighted by molar-refractivity contribution is 0.613. The molecule has 1 saturated heterocycles. The highest BCUT2D eigenvalue weighted by Gasteiger charge is 2.18. The number of aromatic nitrogens is 4. The van der Waals surface area contributed by atoms with Gasteiger partial charge in [0.15, 0.2) is 0 Å². The van der Waals surface area contributed by atoms with Crippen molar-refractivity contribution in [3.63, 3.8) is 0 Å². The van der Waals surface area contributed by atoms with Crippen molar-refractivity contribution in [2.75, 3.05) is 25.0 Å². The van der Waals surface area contributed by atoms with E-state index in [0.717, 1.165) is 59.5 Å². The molecule has 0 saturated carbocycles. The molecule has 0 bridgehead atoms. The summed E-state index contributed by atoms with van der Waals surface area (Å²) >= 11 is 0. The first-order valence-electron chi connectivity index (χ1n) is 11.4. The molecule has 0 aliphatic carbocycles. The Morgan fingerprint density at radius 2 is 2.00 bits per heavy atom. The van der Waals surface area contributed by atoms with E-state index < -0.39 is 5.82 Å². The normalized spacial score (nSPS) is 15.6. The largest absolute Gasteiger partial charge is 0.354 e. The standard InChI is InChI=1S/C26H26FN7/c1-15-24(16(2)34(3)33-15)18-6-7-23-21(10-18)25(19-4-5-20(12-28)22(27)11-19)32-26(31-23)30-14-17-8-9-29-13-17/h4-7,10-11,17,29H,8-9,13-14H2,1-3H3,(H,30,31,32)/t17-/m0/s1. The second kappa shape index (κ2) is 8.84. The van der Waals surface area contributed by atoms with Gasteiger partial charge in [-0.2, -0.15) is 10.4 Å². The molecule has 34 heavy (non-hydrogen) atoms. The van der Waals surface area contributed by atoms with Crippen molar-refractivity contribution in [3.05, 3.63) is 59.2 Å². The number of fused-ring (bicyclic) bond motifs is 1. The zero-order valence-corrected chi connectivity index (χ0v) is 19.5.